The van der Waals surface area contributed by atoms with Crippen LogP contribution in [0.5, 0.6) is 0 Å². The number of hydrogen-bond donors (Lipinski definition) is 1. The molecule has 0 spiro atoms. The van der Waals surface area contributed by atoms with E-state index >= 15 is 0 Å². The van der Waals surface area contributed by atoms with E-state index in [0.717, 1.165) is 22.0 Å². The minimum atomic E-state index is -0.413. The number of aryl methyl sites for hydroxylation is 3. The Hall–Kier alpha value is -1.61. The van der Waals surface area contributed by atoms with Crippen LogP contribution in [-0.4, -0.2) is 10.1 Å². The molecule has 2 N–H and O–H groups in total. The second-order valence-corrected chi connectivity index (χ2v) is 6.22. The van der Waals surface area contributed by atoms with E-state index in [1.165, 1.54) is 5.56 Å². The molecule has 0 amide bonds. The van der Waals surface area contributed by atoms with Gasteiger partial charge in [0, 0.05) is 23.5 Å². The molecule has 0 aliphatic heterocycles. The summed E-state index contributed by atoms with van der Waals surface area (Å²) in [6.45, 7) is 10.5. The van der Waals surface area contributed by atoms with Gasteiger partial charge < -0.3 is 10.3 Å². The highest BCUT2D eigenvalue weighted by Crippen LogP contribution is 2.23. The Bertz CT molecular complexity index is 690. The number of nitrogens with two attached hydrogens (primary N) is 1. The predicted molar refractivity (Wildman–Crippen MR) is 80.7 cm³/mol. The molecule has 0 bridgehead atoms. The zero-order valence-corrected chi connectivity index (χ0v) is 12.4. The van der Waals surface area contributed by atoms with E-state index in [4.69, 9.17) is 5.73 Å². The van der Waals surface area contributed by atoms with Crippen molar-refractivity contribution in [2.75, 3.05) is 0 Å². The highest BCUT2D eigenvalue weighted by molar-refractivity contribution is 5.86. The summed E-state index contributed by atoms with van der Waals surface area (Å²) in [5.41, 5.74) is 10.1. The number of pyridine rings is 1. The van der Waals surface area contributed by atoms with Crippen molar-refractivity contribution in [3.8, 4) is 0 Å². The molecule has 19 heavy (non-hydrogen) atoms. The second kappa shape index (κ2) is 4.49. The molecular formula is C16H22N2O. The zero-order chi connectivity index (χ0) is 14.4. The largest absolute Gasteiger partial charge is 0.324 e. The van der Waals surface area contributed by atoms with E-state index in [2.05, 4.69) is 19.1 Å². The van der Waals surface area contributed by atoms with E-state index < -0.39 is 5.54 Å². The lowest BCUT2D eigenvalue weighted by Gasteiger charge is -2.23. The molecule has 0 radical (unpaired) electrons. The Kier molecular flexibility index (Phi) is 3.27. The summed E-state index contributed by atoms with van der Waals surface area (Å²) in [7, 11) is 0. The number of nitrogens with zero attached hydrogens (tertiary/aromatic N) is 1. The number of hydrogen-bond acceptors (Lipinski definition) is 2. The standard InChI is InChI=1S/C16H22N2O/c1-10-6-12(3)15-13(7-10)11(2)8-14(19)18(15)9-16(4,5)17/h6-8H,9,17H2,1-5H3. The Labute approximate surface area is 114 Å². The van der Waals surface area contributed by atoms with Crippen LogP contribution in [0.25, 0.3) is 10.9 Å². The maximum absolute atomic E-state index is 12.3. The average molecular weight is 258 g/mol. The van der Waals surface area contributed by atoms with Gasteiger partial charge in [0.25, 0.3) is 5.56 Å². The molecule has 3 nitrogen and oxygen atoms in total. The van der Waals surface area contributed by atoms with Crippen molar-refractivity contribution >= 4 is 10.9 Å². The summed E-state index contributed by atoms with van der Waals surface area (Å²) in [5, 5.41) is 1.14. The van der Waals surface area contributed by atoms with E-state index in [1.54, 1.807) is 10.6 Å². The van der Waals surface area contributed by atoms with Gasteiger partial charge in [-0.2, -0.15) is 0 Å². The third-order valence-corrected chi connectivity index (χ3v) is 3.31. The molecule has 0 aliphatic rings. The van der Waals surface area contributed by atoms with Crippen molar-refractivity contribution in [2.24, 2.45) is 5.73 Å². The lowest BCUT2D eigenvalue weighted by atomic mass is 10.0. The van der Waals surface area contributed by atoms with Crippen molar-refractivity contribution in [1.82, 2.24) is 4.57 Å². The van der Waals surface area contributed by atoms with Gasteiger partial charge in [-0.05, 0) is 51.8 Å². The molecule has 1 aromatic heterocycles. The van der Waals surface area contributed by atoms with Crippen molar-refractivity contribution in [3.63, 3.8) is 0 Å². The van der Waals surface area contributed by atoms with E-state index in [1.807, 2.05) is 27.7 Å². The summed E-state index contributed by atoms with van der Waals surface area (Å²) >= 11 is 0. The van der Waals surface area contributed by atoms with Crippen LogP contribution in [0, 0.1) is 20.8 Å². The van der Waals surface area contributed by atoms with Crippen molar-refractivity contribution < 1.29 is 0 Å². The molecule has 0 aliphatic carbocycles. The Balaban J connectivity index is 2.87. The van der Waals surface area contributed by atoms with Gasteiger partial charge in [0.15, 0.2) is 0 Å². The molecule has 1 aromatic carbocycles. The minimum absolute atomic E-state index is 0.0236. The molecule has 0 fully saturated rings. The van der Waals surface area contributed by atoms with Gasteiger partial charge in [-0.25, -0.2) is 0 Å². The molecule has 0 saturated carbocycles. The van der Waals surface area contributed by atoms with Gasteiger partial charge >= 0.3 is 0 Å². The third kappa shape index (κ3) is 2.71. The van der Waals surface area contributed by atoms with E-state index in [9.17, 15) is 4.79 Å². The molecule has 1 heterocycles. The van der Waals surface area contributed by atoms with Gasteiger partial charge in [0.2, 0.25) is 0 Å². The van der Waals surface area contributed by atoms with Crippen molar-refractivity contribution in [2.45, 2.75) is 46.7 Å². The molecule has 0 saturated heterocycles. The lowest BCUT2D eigenvalue weighted by Crippen LogP contribution is -2.40. The lowest BCUT2D eigenvalue weighted by molar-refractivity contribution is 0.434. The smallest absolute Gasteiger partial charge is 0.251 e. The SMILES string of the molecule is Cc1cc(C)c2c(c1)c(C)cc(=O)n2CC(C)(C)N. The van der Waals surface area contributed by atoms with Crippen molar-refractivity contribution in [3.05, 3.63) is 45.2 Å². The van der Waals surface area contributed by atoms with Crippen LogP contribution >= 0.6 is 0 Å². The van der Waals surface area contributed by atoms with Crippen LogP contribution in [0.15, 0.2) is 23.0 Å². The van der Waals surface area contributed by atoms with E-state index in [0.29, 0.717) is 6.54 Å². The third-order valence-electron chi connectivity index (χ3n) is 3.31. The first-order valence-corrected chi connectivity index (χ1v) is 6.59. The monoisotopic (exact) mass is 258 g/mol. The maximum atomic E-state index is 12.3. The Morgan fingerprint density at radius 2 is 1.74 bits per heavy atom. The average Bonchev–Trinajstić information content (AvgIpc) is 2.22. The topological polar surface area (TPSA) is 48.0 Å². The predicted octanol–water partition coefficient (Wildman–Crippen LogP) is 2.66. The van der Waals surface area contributed by atoms with Gasteiger partial charge in [-0.15, -0.1) is 0 Å². The molecule has 0 atom stereocenters. The zero-order valence-electron chi connectivity index (χ0n) is 12.4. The number of fused-ring (bicyclic) bond motifs is 1. The molecule has 2 rings (SSSR count). The van der Waals surface area contributed by atoms with Gasteiger partial charge in [0.05, 0.1) is 5.52 Å². The highest BCUT2D eigenvalue weighted by Gasteiger charge is 2.16. The first kappa shape index (κ1) is 13.8. The minimum Gasteiger partial charge on any atom is -0.324 e. The molecule has 0 unspecified atom stereocenters. The summed E-state index contributed by atoms with van der Waals surface area (Å²) in [6, 6.07) is 5.95. The fourth-order valence-corrected chi connectivity index (χ4v) is 2.63. The van der Waals surface area contributed by atoms with E-state index in [-0.39, 0.29) is 5.56 Å². The molecule has 3 heteroatoms. The van der Waals surface area contributed by atoms with Gasteiger partial charge in [-0.1, -0.05) is 11.6 Å². The number of rotatable bonds is 2. The van der Waals surface area contributed by atoms with Crippen LogP contribution in [0.3, 0.4) is 0 Å². The fourth-order valence-electron chi connectivity index (χ4n) is 2.63. The second-order valence-electron chi connectivity index (χ2n) is 6.22. The highest BCUT2D eigenvalue weighted by atomic mass is 16.1. The molecular weight excluding hydrogens is 236 g/mol. The summed E-state index contributed by atoms with van der Waals surface area (Å²) in [4.78, 5) is 12.3. The number of benzene rings is 1. The first-order valence-electron chi connectivity index (χ1n) is 6.59. The van der Waals surface area contributed by atoms with Crippen LogP contribution < -0.4 is 11.3 Å². The van der Waals surface area contributed by atoms with Gasteiger partial charge in [-0.3, -0.25) is 4.79 Å². The summed E-state index contributed by atoms with van der Waals surface area (Å²) in [5.74, 6) is 0. The normalized spacial score (nSPS) is 12.1. The Morgan fingerprint density at radius 1 is 1.11 bits per heavy atom. The van der Waals surface area contributed by atoms with Crippen LogP contribution in [0.1, 0.15) is 30.5 Å². The first-order chi connectivity index (χ1) is 8.69. The van der Waals surface area contributed by atoms with Crippen LogP contribution in [0.4, 0.5) is 0 Å². The maximum Gasteiger partial charge on any atom is 0.251 e. The Morgan fingerprint density at radius 3 is 2.32 bits per heavy atom. The number of aromatic nitrogens is 1. The fraction of sp³-hybridized carbons (Fsp3) is 0.438. The quantitative estimate of drug-likeness (QED) is 0.900. The summed E-state index contributed by atoms with van der Waals surface area (Å²) in [6.07, 6.45) is 0. The summed E-state index contributed by atoms with van der Waals surface area (Å²) < 4.78 is 1.80. The van der Waals surface area contributed by atoms with Gasteiger partial charge in [0.1, 0.15) is 0 Å². The molecule has 2 aromatic rings. The van der Waals surface area contributed by atoms with Crippen molar-refractivity contribution in [1.29, 1.82) is 0 Å². The molecule has 102 valence electrons. The van der Waals surface area contributed by atoms with Crippen LogP contribution in [0.2, 0.25) is 0 Å². The van der Waals surface area contributed by atoms with Crippen LogP contribution in [-0.2, 0) is 6.54 Å².